The highest BCUT2D eigenvalue weighted by atomic mass is 14.6. The van der Waals surface area contributed by atoms with E-state index in [1.165, 1.54) is 12.0 Å². The SMILES string of the molecule is C=C(C)CCC(N)CC(C)CC(C)(C)C. The smallest absolute Gasteiger partial charge is 0.00444 e. The van der Waals surface area contributed by atoms with Gasteiger partial charge in [0.2, 0.25) is 0 Å². The third-order valence-corrected chi connectivity index (χ3v) is 2.61. The Morgan fingerprint density at radius 1 is 1.33 bits per heavy atom. The van der Waals surface area contributed by atoms with Crippen LogP contribution < -0.4 is 5.73 Å². The number of allylic oxidation sites excluding steroid dienone is 1. The van der Waals surface area contributed by atoms with Crippen molar-refractivity contribution in [2.24, 2.45) is 17.1 Å². The summed E-state index contributed by atoms with van der Waals surface area (Å²) in [6.45, 7) is 15.2. The van der Waals surface area contributed by atoms with Crippen molar-refractivity contribution in [3.63, 3.8) is 0 Å². The van der Waals surface area contributed by atoms with Crippen LogP contribution in [0.4, 0.5) is 0 Å². The molecule has 1 heteroatoms. The molecule has 0 fully saturated rings. The minimum absolute atomic E-state index is 0.346. The Kier molecular flexibility index (Phi) is 6.19. The Hall–Kier alpha value is -0.300. The van der Waals surface area contributed by atoms with Crippen LogP contribution in [0.15, 0.2) is 12.2 Å². The highest BCUT2D eigenvalue weighted by Crippen LogP contribution is 2.27. The highest BCUT2D eigenvalue weighted by Gasteiger charge is 2.17. The minimum atomic E-state index is 0.346. The summed E-state index contributed by atoms with van der Waals surface area (Å²) < 4.78 is 0. The van der Waals surface area contributed by atoms with E-state index >= 15 is 0 Å². The molecule has 0 aromatic carbocycles. The average molecular weight is 211 g/mol. The second-order valence-electron chi connectivity index (χ2n) is 6.36. The van der Waals surface area contributed by atoms with Gasteiger partial charge in [-0.15, -0.1) is 6.58 Å². The second kappa shape index (κ2) is 6.32. The highest BCUT2D eigenvalue weighted by molar-refractivity contribution is 4.89. The van der Waals surface area contributed by atoms with Gasteiger partial charge in [0.05, 0.1) is 0 Å². The Bertz CT molecular complexity index is 188. The summed E-state index contributed by atoms with van der Waals surface area (Å²) in [6.07, 6.45) is 4.56. The van der Waals surface area contributed by atoms with Gasteiger partial charge in [-0.2, -0.15) is 0 Å². The Balaban J connectivity index is 3.76. The van der Waals surface area contributed by atoms with Crippen molar-refractivity contribution in [2.75, 3.05) is 0 Å². The molecule has 0 aromatic heterocycles. The fraction of sp³-hybridized carbons (Fsp3) is 0.857. The van der Waals surface area contributed by atoms with E-state index in [4.69, 9.17) is 5.73 Å². The lowest BCUT2D eigenvalue weighted by molar-refractivity contribution is 0.283. The third-order valence-electron chi connectivity index (χ3n) is 2.61. The van der Waals surface area contributed by atoms with Gasteiger partial charge in [0.15, 0.2) is 0 Å². The van der Waals surface area contributed by atoms with Crippen LogP contribution in [0.5, 0.6) is 0 Å². The lowest BCUT2D eigenvalue weighted by Gasteiger charge is -2.25. The van der Waals surface area contributed by atoms with Gasteiger partial charge >= 0.3 is 0 Å². The van der Waals surface area contributed by atoms with Crippen molar-refractivity contribution >= 4 is 0 Å². The van der Waals surface area contributed by atoms with Crippen molar-refractivity contribution in [3.05, 3.63) is 12.2 Å². The third kappa shape index (κ3) is 9.99. The molecule has 0 saturated carbocycles. The first kappa shape index (κ1) is 14.7. The normalized spacial score (nSPS) is 16.1. The minimum Gasteiger partial charge on any atom is -0.328 e. The molecule has 0 rings (SSSR count). The first-order valence-electron chi connectivity index (χ1n) is 6.10. The summed E-state index contributed by atoms with van der Waals surface area (Å²) in [5, 5.41) is 0. The Morgan fingerprint density at radius 2 is 1.87 bits per heavy atom. The molecule has 0 saturated heterocycles. The van der Waals surface area contributed by atoms with Gasteiger partial charge in [-0.25, -0.2) is 0 Å². The largest absolute Gasteiger partial charge is 0.328 e. The standard InChI is InChI=1S/C14H29N/c1-11(2)7-8-13(15)9-12(3)10-14(4,5)6/h12-13H,1,7-10,15H2,2-6H3. The van der Waals surface area contributed by atoms with Crippen molar-refractivity contribution in [1.82, 2.24) is 0 Å². The van der Waals surface area contributed by atoms with Gasteiger partial charge in [-0.05, 0) is 43.9 Å². The summed E-state index contributed by atoms with van der Waals surface area (Å²) >= 11 is 0. The molecule has 1 nitrogen and oxygen atoms in total. The molecule has 15 heavy (non-hydrogen) atoms. The molecule has 90 valence electrons. The maximum Gasteiger partial charge on any atom is 0.00444 e. The van der Waals surface area contributed by atoms with Crippen LogP contribution in [-0.2, 0) is 0 Å². The molecule has 0 bridgehead atoms. The molecule has 0 aliphatic rings. The molecule has 2 N–H and O–H groups in total. The van der Waals surface area contributed by atoms with E-state index in [2.05, 4.69) is 41.2 Å². The van der Waals surface area contributed by atoms with Gasteiger partial charge in [-0.1, -0.05) is 33.3 Å². The van der Waals surface area contributed by atoms with Crippen LogP contribution in [0, 0.1) is 11.3 Å². The summed E-state index contributed by atoms with van der Waals surface area (Å²) in [6, 6.07) is 0.346. The lowest BCUT2D eigenvalue weighted by Crippen LogP contribution is -2.24. The topological polar surface area (TPSA) is 26.0 Å². The summed E-state index contributed by atoms with van der Waals surface area (Å²) in [7, 11) is 0. The number of rotatable bonds is 6. The Labute approximate surface area is 96.1 Å². The number of hydrogen-bond donors (Lipinski definition) is 1. The van der Waals surface area contributed by atoms with E-state index in [0.29, 0.717) is 11.5 Å². The van der Waals surface area contributed by atoms with E-state index in [9.17, 15) is 0 Å². The number of hydrogen-bond acceptors (Lipinski definition) is 1. The zero-order valence-electron chi connectivity index (χ0n) is 11.3. The van der Waals surface area contributed by atoms with Crippen LogP contribution in [0.1, 0.15) is 60.3 Å². The average Bonchev–Trinajstić information content (AvgIpc) is 1.96. The molecular formula is C14H29N. The fourth-order valence-corrected chi connectivity index (χ4v) is 2.20. The van der Waals surface area contributed by atoms with Gasteiger partial charge in [0.25, 0.3) is 0 Å². The van der Waals surface area contributed by atoms with E-state index in [1.54, 1.807) is 0 Å². The van der Waals surface area contributed by atoms with E-state index in [0.717, 1.165) is 25.2 Å². The molecule has 0 aromatic rings. The summed E-state index contributed by atoms with van der Waals surface area (Å²) in [5.41, 5.74) is 7.77. The Morgan fingerprint density at radius 3 is 2.27 bits per heavy atom. The molecule has 0 radical (unpaired) electrons. The van der Waals surface area contributed by atoms with E-state index in [-0.39, 0.29) is 0 Å². The van der Waals surface area contributed by atoms with Crippen LogP contribution in [-0.4, -0.2) is 6.04 Å². The zero-order valence-corrected chi connectivity index (χ0v) is 11.3. The maximum absolute atomic E-state index is 6.10. The van der Waals surface area contributed by atoms with Crippen LogP contribution in [0.25, 0.3) is 0 Å². The van der Waals surface area contributed by atoms with Crippen molar-refractivity contribution in [2.45, 2.75) is 66.3 Å². The lowest BCUT2D eigenvalue weighted by atomic mass is 9.82. The quantitative estimate of drug-likeness (QED) is 0.657. The van der Waals surface area contributed by atoms with Crippen molar-refractivity contribution in [1.29, 1.82) is 0 Å². The molecular weight excluding hydrogens is 182 g/mol. The van der Waals surface area contributed by atoms with Crippen molar-refractivity contribution in [3.8, 4) is 0 Å². The molecule has 0 heterocycles. The first-order chi connectivity index (χ1) is 6.70. The van der Waals surface area contributed by atoms with Gasteiger partial charge < -0.3 is 5.73 Å². The predicted octanol–water partition coefficient (Wildman–Crippen LogP) is 4.13. The van der Waals surface area contributed by atoms with Crippen molar-refractivity contribution < 1.29 is 0 Å². The molecule has 0 aliphatic carbocycles. The van der Waals surface area contributed by atoms with Gasteiger partial charge in [-0.3, -0.25) is 0 Å². The van der Waals surface area contributed by atoms with Gasteiger partial charge in [0, 0.05) is 6.04 Å². The second-order valence-corrected chi connectivity index (χ2v) is 6.36. The zero-order chi connectivity index (χ0) is 12.1. The molecule has 2 atom stereocenters. The van der Waals surface area contributed by atoms with E-state index in [1.807, 2.05) is 0 Å². The monoisotopic (exact) mass is 211 g/mol. The molecule has 0 amide bonds. The number of nitrogens with two attached hydrogens (primary N) is 1. The fourth-order valence-electron chi connectivity index (χ4n) is 2.20. The van der Waals surface area contributed by atoms with Crippen LogP contribution in [0.3, 0.4) is 0 Å². The molecule has 2 unspecified atom stereocenters. The van der Waals surface area contributed by atoms with Crippen LogP contribution >= 0.6 is 0 Å². The molecule has 0 aliphatic heterocycles. The van der Waals surface area contributed by atoms with Crippen LogP contribution in [0.2, 0.25) is 0 Å². The molecule has 0 spiro atoms. The predicted molar refractivity (Wildman–Crippen MR) is 69.9 cm³/mol. The maximum atomic E-state index is 6.10. The van der Waals surface area contributed by atoms with Gasteiger partial charge in [0.1, 0.15) is 0 Å². The first-order valence-corrected chi connectivity index (χ1v) is 6.10. The summed E-state index contributed by atoms with van der Waals surface area (Å²) in [4.78, 5) is 0. The summed E-state index contributed by atoms with van der Waals surface area (Å²) in [5.74, 6) is 0.727. The van der Waals surface area contributed by atoms with E-state index < -0.39 is 0 Å².